The zero-order valence-corrected chi connectivity index (χ0v) is 14.1. The number of nitrogens with one attached hydrogen (secondary N) is 2. The molecule has 6 heteroatoms. The quantitative estimate of drug-likeness (QED) is 0.727. The predicted octanol–water partition coefficient (Wildman–Crippen LogP) is 1.67. The van der Waals surface area contributed by atoms with Crippen LogP contribution < -0.4 is 10.0 Å². The van der Waals surface area contributed by atoms with Crippen LogP contribution in [0, 0.1) is 0 Å². The molecule has 0 heterocycles. The van der Waals surface area contributed by atoms with Gasteiger partial charge in [-0.25, -0.2) is 13.1 Å². The van der Waals surface area contributed by atoms with Gasteiger partial charge in [0.15, 0.2) is 0 Å². The van der Waals surface area contributed by atoms with Crippen LogP contribution >= 0.6 is 0 Å². The normalized spacial score (nSPS) is 13.3. The van der Waals surface area contributed by atoms with Crippen LogP contribution in [0.25, 0.3) is 0 Å². The molecule has 1 aromatic rings. The van der Waals surface area contributed by atoms with Crippen molar-refractivity contribution in [2.75, 3.05) is 20.8 Å². The van der Waals surface area contributed by atoms with Gasteiger partial charge >= 0.3 is 0 Å². The fourth-order valence-electron chi connectivity index (χ4n) is 2.17. The molecule has 0 aromatic heterocycles. The Bertz CT molecular complexity index is 544. The van der Waals surface area contributed by atoms with E-state index in [1.54, 1.807) is 13.2 Å². The standard InChI is InChI=1S/C15H26N2O3S/c1-5-13-8-7-12(10-16-3)9-15(13)21(18,19)17-14(6-2)11-20-4/h7-9,14,16-17H,5-6,10-11H2,1-4H3. The molecule has 1 aromatic carbocycles. The zero-order valence-electron chi connectivity index (χ0n) is 13.3. The SMILES string of the molecule is CCc1ccc(CNC)cc1S(=O)(=O)NC(CC)COC. The number of benzene rings is 1. The Balaban J connectivity index is 3.12. The lowest BCUT2D eigenvalue weighted by Crippen LogP contribution is -2.37. The first-order valence-electron chi connectivity index (χ1n) is 7.26. The summed E-state index contributed by atoms with van der Waals surface area (Å²) in [5.41, 5.74) is 1.78. The monoisotopic (exact) mass is 314 g/mol. The lowest BCUT2D eigenvalue weighted by Gasteiger charge is -2.18. The minimum atomic E-state index is -3.54. The molecule has 5 nitrogen and oxygen atoms in total. The van der Waals surface area contributed by atoms with Gasteiger partial charge < -0.3 is 10.1 Å². The van der Waals surface area contributed by atoms with Gasteiger partial charge in [0.25, 0.3) is 0 Å². The first-order chi connectivity index (χ1) is 9.98. The number of hydrogen-bond donors (Lipinski definition) is 2. The van der Waals surface area contributed by atoms with E-state index in [1.165, 1.54) is 0 Å². The average molecular weight is 314 g/mol. The van der Waals surface area contributed by atoms with Crippen molar-refractivity contribution in [3.8, 4) is 0 Å². The molecular weight excluding hydrogens is 288 g/mol. The molecule has 0 aliphatic carbocycles. The second-order valence-corrected chi connectivity index (χ2v) is 6.69. The molecule has 0 saturated carbocycles. The van der Waals surface area contributed by atoms with Crippen molar-refractivity contribution < 1.29 is 13.2 Å². The van der Waals surface area contributed by atoms with E-state index in [-0.39, 0.29) is 6.04 Å². The molecule has 0 aliphatic heterocycles. The van der Waals surface area contributed by atoms with Gasteiger partial charge in [-0.2, -0.15) is 0 Å². The van der Waals surface area contributed by atoms with E-state index >= 15 is 0 Å². The minimum absolute atomic E-state index is 0.210. The van der Waals surface area contributed by atoms with E-state index in [1.807, 2.05) is 33.0 Å². The van der Waals surface area contributed by atoms with Crippen LogP contribution in [0.5, 0.6) is 0 Å². The first-order valence-corrected chi connectivity index (χ1v) is 8.74. The third kappa shape index (κ3) is 5.07. The zero-order chi connectivity index (χ0) is 15.9. The van der Waals surface area contributed by atoms with Crippen molar-refractivity contribution in [3.63, 3.8) is 0 Å². The molecule has 21 heavy (non-hydrogen) atoms. The molecule has 0 fully saturated rings. The highest BCUT2D eigenvalue weighted by atomic mass is 32.2. The van der Waals surface area contributed by atoms with Crippen LogP contribution in [0.3, 0.4) is 0 Å². The molecule has 0 saturated heterocycles. The van der Waals surface area contributed by atoms with Crippen LogP contribution in [0.1, 0.15) is 31.4 Å². The summed E-state index contributed by atoms with van der Waals surface area (Å²) >= 11 is 0. The number of hydrogen-bond acceptors (Lipinski definition) is 4. The minimum Gasteiger partial charge on any atom is -0.383 e. The summed E-state index contributed by atoms with van der Waals surface area (Å²) in [6.45, 7) is 4.90. The molecule has 0 bridgehead atoms. The maximum absolute atomic E-state index is 12.6. The maximum atomic E-state index is 12.6. The van der Waals surface area contributed by atoms with Gasteiger partial charge in [-0.1, -0.05) is 26.0 Å². The van der Waals surface area contributed by atoms with Gasteiger partial charge in [-0.3, -0.25) is 0 Å². The molecule has 1 rings (SSSR count). The summed E-state index contributed by atoms with van der Waals surface area (Å²) < 4.78 is 33.0. The molecule has 2 N–H and O–H groups in total. The summed E-state index contributed by atoms with van der Waals surface area (Å²) in [7, 11) is -0.125. The lowest BCUT2D eigenvalue weighted by atomic mass is 10.1. The topological polar surface area (TPSA) is 67.4 Å². The highest BCUT2D eigenvalue weighted by molar-refractivity contribution is 7.89. The van der Waals surface area contributed by atoms with Crippen LogP contribution in [0.4, 0.5) is 0 Å². The lowest BCUT2D eigenvalue weighted by molar-refractivity contribution is 0.173. The Hall–Kier alpha value is -0.950. The van der Waals surface area contributed by atoms with Gasteiger partial charge in [0.05, 0.1) is 11.5 Å². The second kappa shape index (κ2) is 8.48. The van der Waals surface area contributed by atoms with Gasteiger partial charge in [0.1, 0.15) is 0 Å². The Labute approximate surface area is 128 Å². The number of sulfonamides is 1. The smallest absolute Gasteiger partial charge is 0.241 e. The van der Waals surface area contributed by atoms with Crippen molar-refractivity contribution in [2.45, 2.75) is 44.2 Å². The second-order valence-electron chi connectivity index (χ2n) is 5.01. The Kier molecular flexibility index (Phi) is 7.31. The van der Waals surface area contributed by atoms with Crippen molar-refractivity contribution >= 4 is 10.0 Å². The average Bonchev–Trinajstić information content (AvgIpc) is 2.47. The maximum Gasteiger partial charge on any atom is 0.241 e. The van der Waals surface area contributed by atoms with E-state index in [4.69, 9.17) is 4.74 Å². The highest BCUT2D eigenvalue weighted by Crippen LogP contribution is 2.19. The third-order valence-corrected chi connectivity index (χ3v) is 4.97. The summed E-state index contributed by atoms with van der Waals surface area (Å²) in [5, 5.41) is 3.04. The van der Waals surface area contributed by atoms with E-state index in [2.05, 4.69) is 10.0 Å². The summed E-state index contributed by atoms with van der Waals surface area (Å²) in [5.74, 6) is 0. The van der Waals surface area contributed by atoms with Crippen molar-refractivity contribution in [3.05, 3.63) is 29.3 Å². The Morgan fingerprint density at radius 2 is 2.00 bits per heavy atom. The number of methoxy groups -OCH3 is 1. The molecule has 0 amide bonds. The van der Waals surface area contributed by atoms with Crippen molar-refractivity contribution in [2.24, 2.45) is 0 Å². The first kappa shape index (κ1) is 18.1. The van der Waals surface area contributed by atoms with Gasteiger partial charge in [-0.05, 0) is 37.1 Å². The van der Waals surface area contributed by atoms with Crippen molar-refractivity contribution in [1.82, 2.24) is 10.0 Å². The van der Waals surface area contributed by atoms with E-state index < -0.39 is 10.0 Å². The summed E-state index contributed by atoms with van der Waals surface area (Å²) in [4.78, 5) is 0.368. The van der Waals surface area contributed by atoms with Crippen LogP contribution in [0.15, 0.2) is 23.1 Å². The molecule has 1 unspecified atom stereocenters. The molecule has 0 spiro atoms. The molecule has 0 radical (unpaired) electrons. The largest absolute Gasteiger partial charge is 0.383 e. The predicted molar refractivity (Wildman–Crippen MR) is 84.9 cm³/mol. The van der Waals surface area contributed by atoms with E-state index in [0.29, 0.717) is 30.9 Å². The molecule has 120 valence electrons. The fourth-order valence-corrected chi connectivity index (χ4v) is 3.84. The number of rotatable bonds is 9. The van der Waals surface area contributed by atoms with Gasteiger partial charge in [0.2, 0.25) is 10.0 Å². The highest BCUT2D eigenvalue weighted by Gasteiger charge is 2.22. The Morgan fingerprint density at radius 1 is 1.29 bits per heavy atom. The number of aryl methyl sites for hydroxylation is 1. The van der Waals surface area contributed by atoms with Crippen LogP contribution in [-0.2, 0) is 27.7 Å². The fraction of sp³-hybridized carbons (Fsp3) is 0.600. The van der Waals surface area contributed by atoms with Crippen molar-refractivity contribution in [1.29, 1.82) is 0 Å². The summed E-state index contributed by atoms with van der Waals surface area (Å²) in [6, 6.07) is 5.38. The van der Waals surface area contributed by atoms with Crippen LogP contribution in [0.2, 0.25) is 0 Å². The Morgan fingerprint density at radius 3 is 2.52 bits per heavy atom. The van der Waals surface area contributed by atoms with E-state index in [0.717, 1.165) is 11.1 Å². The van der Waals surface area contributed by atoms with Gasteiger partial charge in [0, 0.05) is 19.7 Å². The van der Waals surface area contributed by atoms with Gasteiger partial charge in [-0.15, -0.1) is 0 Å². The third-order valence-electron chi connectivity index (χ3n) is 3.37. The molecular formula is C15H26N2O3S. The van der Waals surface area contributed by atoms with Crippen LogP contribution in [-0.4, -0.2) is 35.2 Å². The molecule has 0 aliphatic rings. The summed E-state index contributed by atoms with van der Waals surface area (Å²) in [6.07, 6.45) is 1.36. The number of ether oxygens (including phenoxy) is 1. The molecule has 1 atom stereocenters. The van der Waals surface area contributed by atoms with E-state index in [9.17, 15) is 8.42 Å².